The molecule has 1 aliphatic rings. The molecule has 106 valence electrons. The lowest BCUT2D eigenvalue weighted by molar-refractivity contribution is 0.226. The van der Waals surface area contributed by atoms with Crippen LogP contribution in [0.5, 0.6) is 5.75 Å². The Labute approximate surface area is 116 Å². The van der Waals surface area contributed by atoms with Crippen LogP contribution in [-0.2, 0) is 0 Å². The Bertz CT molecular complexity index is 389. The number of nitrogens with two attached hydrogens (primary N) is 1. The van der Waals surface area contributed by atoms with E-state index in [0.717, 1.165) is 45.0 Å². The first-order chi connectivity index (χ1) is 9.24. The zero-order valence-corrected chi connectivity index (χ0v) is 12.0. The SMILES string of the molecule is COc1ccccc1N1CCN(CC(C)CN)CC1. The summed E-state index contributed by atoms with van der Waals surface area (Å²) >= 11 is 0. The number of benzene rings is 1. The highest BCUT2D eigenvalue weighted by Gasteiger charge is 2.20. The molecule has 0 saturated carbocycles. The zero-order chi connectivity index (χ0) is 13.7. The van der Waals surface area contributed by atoms with Crippen LogP contribution >= 0.6 is 0 Å². The molecule has 0 radical (unpaired) electrons. The number of anilines is 1. The van der Waals surface area contributed by atoms with Crippen LogP contribution in [0.1, 0.15) is 6.92 Å². The second kappa shape index (κ2) is 6.78. The van der Waals surface area contributed by atoms with Crippen molar-refractivity contribution >= 4 is 5.69 Å². The van der Waals surface area contributed by atoms with Crippen molar-refractivity contribution in [1.29, 1.82) is 0 Å². The van der Waals surface area contributed by atoms with E-state index in [1.807, 2.05) is 12.1 Å². The van der Waals surface area contributed by atoms with Crippen molar-refractivity contribution < 1.29 is 4.74 Å². The van der Waals surface area contributed by atoms with Gasteiger partial charge >= 0.3 is 0 Å². The molecule has 1 saturated heterocycles. The Kier molecular flexibility index (Phi) is 5.05. The van der Waals surface area contributed by atoms with E-state index in [2.05, 4.69) is 28.9 Å². The second-order valence-corrected chi connectivity index (χ2v) is 5.30. The molecule has 0 aromatic heterocycles. The molecule has 1 atom stereocenters. The molecule has 0 spiro atoms. The normalized spacial score (nSPS) is 18.4. The Morgan fingerprint density at radius 2 is 1.89 bits per heavy atom. The third-order valence-corrected chi connectivity index (χ3v) is 3.77. The summed E-state index contributed by atoms with van der Waals surface area (Å²) < 4.78 is 5.44. The van der Waals surface area contributed by atoms with Gasteiger partial charge in [-0.3, -0.25) is 4.90 Å². The van der Waals surface area contributed by atoms with Gasteiger partial charge in [-0.25, -0.2) is 0 Å². The molecule has 1 aliphatic heterocycles. The number of para-hydroxylation sites is 2. The lowest BCUT2D eigenvalue weighted by Gasteiger charge is -2.37. The van der Waals surface area contributed by atoms with Crippen molar-refractivity contribution in [3.05, 3.63) is 24.3 Å². The van der Waals surface area contributed by atoms with Crippen LogP contribution in [-0.4, -0.2) is 51.3 Å². The van der Waals surface area contributed by atoms with Crippen molar-refractivity contribution in [3.8, 4) is 5.75 Å². The number of piperazine rings is 1. The van der Waals surface area contributed by atoms with Crippen molar-refractivity contribution in [2.45, 2.75) is 6.92 Å². The fraction of sp³-hybridized carbons (Fsp3) is 0.600. The topological polar surface area (TPSA) is 41.7 Å². The molecule has 1 aromatic carbocycles. The predicted molar refractivity (Wildman–Crippen MR) is 79.9 cm³/mol. The molecule has 1 aromatic rings. The van der Waals surface area contributed by atoms with Gasteiger partial charge in [0.2, 0.25) is 0 Å². The molecule has 4 nitrogen and oxygen atoms in total. The smallest absolute Gasteiger partial charge is 0.142 e. The number of hydrogen-bond acceptors (Lipinski definition) is 4. The minimum absolute atomic E-state index is 0.581. The highest BCUT2D eigenvalue weighted by atomic mass is 16.5. The highest BCUT2D eigenvalue weighted by Crippen LogP contribution is 2.28. The van der Waals surface area contributed by atoms with Gasteiger partial charge in [-0.15, -0.1) is 0 Å². The first kappa shape index (κ1) is 14.2. The first-order valence-corrected chi connectivity index (χ1v) is 7.05. The van der Waals surface area contributed by atoms with Crippen molar-refractivity contribution in [3.63, 3.8) is 0 Å². The Balaban J connectivity index is 1.92. The van der Waals surface area contributed by atoms with Crippen LogP contribution in [0.4, 0.5) is 5.69 Å². The molecular weight excluding hydrogens is 238 g/mol. The summed E-state index contributed by atoms with van der Waals surface area (Å²) in [4.78, 5) is 4.91. The average Bonchev–Trinajstić information content (AvgIpc) is 2.48. The van der Waals surface area contributed by atoms with Gasteiger partial charge in [0.05, 0.1) is 12.8 Å². The molecule has 1 heterocycles. The molecule has 1 unspecified atom stereocenters. The number of methoxy groups -OCH3 is 1. The van der Waals surface area contributed by atoms with Gasteiger partial charge in [0.25, 0.3) is 0 Å². The maximum Gasteiger partial charge on any atom is 0.142 e. The summed E-state index contributed by atoms with van der Waals surface area (Å²) in [5.74, 6) is 1.55. The molecule has 19 heavy (non-hydrogen) atoms. The van der Waals surface area contributed by atoms with Crippen LogP contribution in [0.25, 0.3) is 0 Å². The molecular formula is C15H25N3O. The summed E-state index contributed by atoms with van der Waals surface area (Å²) in [6.45, 7) is 8.40. The van der Waals surface area contributed by atoms with E-state index in [9.17, 15) is 0 Å². The number of ether oxygens (including phenoxy) is 1. The van der Waals surface area contributed by atoms with Crippen LogP contribution in [0.2, 0.25) is 0 Å². The first-order valence-electron chi connectivity index (χ1n) is 7.05. The standard InChI is InChI=1S/C15H25N3O/c1-13(11-16)12-17-7-9-18(10-8-17)14-5-3-4-6-15(14)19-2/h3-6,13H,7-12,16H2,1-2H3. The molecule has 1 fully saturated rings. The molecule has 0 aliphatic carbocycles. The minimum atomic E-state index is 0.581. The average molecular weight is 263 g/mol. The molecule has 2 N–H and O–H groups in total. The molecule has 2 rings (SSSR count). The molecule has 0 bridgehead atoms. The van der Waals surface area contributed by atoms with E-state index in [-0.39, 0.29) is 0 Å². The highest BCUT2D eigenvalue weighted by molar-refractivity contribution is 5.58. The van der Waals surface area contributed by atoms with Gasteiger partial charge in [-0.1, -0.05) is 19.1 Å². The van der Waals surface area contributed by atoms with Gasteiger partial charge in [-0.2, -0.15) is 0 Å². The van der Waals surface area contributed by atoms with E-state index < -0.39 is 0 Å². The van der Waals surface area contributed by atoms with E-state index in [0.29, 0.717) is 5.92 Å². The van der Waals surface area contributed by atoms with Gasteiger partial charge in [0.1, 0.15) is 5.75 Å². The Morgan fingerprint density at radius 3 is 2.53 bits per heavy atom. The van der Waals surface area contributed by atoms with Crippen molar-refractivity contribution in [2.24, 2.45) is 11.7 Å². The van der Waals surface area contributed by atoms with Gasteiger partial charge < -0.3 is 15.4 Å². The number of nitrogens with zero attached hydrogens (tertiary/aromatic N) is 2. The van der Waals surface area contributed by atoms with Gasteiger partial charge in [0.15, 0.2) is 0 Å². The van der Waals surface area contributed by atoms with E-state index in [4.69, 9.17) is 10.5 Å². The van der Waals surface area contributed by atoms with Gasteiger partial charge in [-0.05, 0) is 24.6 Å². The summed E-state index contributed by atoms with van der Waals surface area (Å²) in [6.07, 6.45) is 0. The quantitative estimate of drug-likeness (QED) is 0.872. The van der Waals surface area contributed by atoms with E-state index >= 15 is 0 Å². The summed E-state index contributed by atoms with van der Waals surface area (Å²) in [5.41, 5.74) is 6.90. The molecule has 0 amide bonds. The molecule has 4 heteroatoms. The summed E-state index contributed by atoms with van der Waals surface area (Å²) in [5, 5.41) is 0. The summed E-state index contributed by atoms with van der Waals surface area (Å²) in [6, 6.07) is 8.25. The predicted octanol–water partition coefficient (Wildman–Crippen LogP) is 1.41. The van der Waals surface area contributed by atoms with Crippen LogP contribution in [0.15, 0.2) is 24.3 Å². The second-order valence-electron chi connectivity index (χ2n) is 5.30. The maximum absolute atomic E-state index is 5.69. The largest absolute Gasteiger partial charge is 0.495 e. The Morgan fingerprint density at radius 1 is 1.21 bits per heavy atom. The number of hydrogen-bond donors (Lipinski definition) is 1. The number of rotatable bonds is 5. The Hall–Kier alpha value is -1.26. The van der Waals surface area contributed by atoms with Crippen LogP contribution < -0.4 is 15.4 Å². The summed E-state index contributed by atoms with van der Waals surface area (Å²) in [7, 11) is 1.73. The lowest BCUT2D eigenvalue weighted by Crippen LogP contribution is -2.48. The fourth-order valence-electron chi connectivity index (χ4n) is 2.58. The van der Waals surface area contributed by atoms with Crippen LogP contribution in [0, 0.1) is 5.92 Å². The van der Waals surface area contributed by atoms with E-state index in [1.54, 1.807) is 7.11 Å². The minimum Gasteiger partial charge on any atom is -0.495 e. The van der Waals surface area contributed by atoms with E-state index in [1.165, 1.54) is 5.69 Å². The third kappa shape index (κ3) is 3.61. The monoisotopic (exact) mass is 263 g/mol. The van der Waals surface area contributed by atoms with Crippen molar-refractivity contribution in [2.75, 3.05) is 51.3 Å². The lowest BCUT2D eigenvalue weighted by atomic mass is 10.1. The van der Waals surface area contributed by atoms with Gasteiger partial charge in [0, 0.05) is 32.7 Å². The fourth-order valence-corrected chi connectivity index (χ4v) is 2.58. The van der Waals surface area contributed by atoms with Crippen molar-refractivity contribution in [1.82, 2.24) is 4.90 Å². The van der Waals surface area contributed by atoms with Crippen LogP contribution in [0.3, 0.4) is 0 Å². The zero-order valence-electron chi connectivity index (χ0n) is 12.0. The maximum atomic E-state index is 5.69. The third-order valence-electron chi connectivity index (χ3n) is 3.77.